The van der Waals surface area contributed by atoms with Crippen molar-refractivity contribution in [3.63, 3.8) is 0 Å². The zero-order chi connectivity index (χ0) is 21.0. The minimum atomic E-state index is -0.515. The second kappa shape index (κ2) is 9.03. The predicted molar refractivity (Wildman–Crippen MR) is 115 cm³/mol. The number of hydrogen-bond donors (Lipinski definition) is 1. The van der Waals surface area contributed by atoms with Crippen molar-refractivity contribution in [3.05, 3.63) is 92.9 Å². The van der Waals surface area contributed by atoms with E-state index in [2.05, 4.69) is 10.4 Å². The fourth-order valence-corrected chi connectivity index (χ4v) is 3.33. The normalized spacial score (nSPS) is 12.0. The summed E-state index contributed by atoms with van der Waals surface area (Å²) in [6, 6.07) is 18.4. The van der Waals surface area contributed by atoms with Gasteiger partial charge in [0.1, 0.15) is 0 Å². The summed E-state index contributed by atoms with van der Waals surface area (Å²) in [4.78, 5) is 27.2. The minimum absolute atomic E-state index is 0.0311. The van der Waals surface area contributed by atoms with E-state index in [1.807, 2.05) is 61.5 Å². The molecule has 3 aromatic rings. The number of rotatable bonds is 6. The molecule has 1 N–H and O–H groups in total. The molecule has 1 aromatic heterocycles. The molecule has 29 heavy (non-hydrogen) atoms. The summed E-state index contributed by atoms with van der Waals surface area (Å²) in [5.41, 5.74) is 1.68. The Balaban J connectivity index is 1.87. The number of carbonyl (C=O) groups excluding carboxylic acids is 1. The number of benzene rings is 2. The van der Waals surface area contributed by atoms with E-state index in [1.54, 1.807) is 19.1 Å². The van der Waals surface area contributed by atoms with Gasteiger partial charge in [0.05, 0.1) is 16.8 Å². The molecule has 0 spiro atoms. The first-order chi connectivity index (χ1) is 13.9. The van der Waals surface area contributed by atoms with E-state index in [0.29, 0.717) is 22.9 Å². The van der Waals surface area contributed by atoms with Gasteiger partial charge in [-0.2, -0.15) is 5.10 Å². The smallest absolute Gasteiger partial charge is 0.275 e. The van der Waals surface area contributed by atoms with Gasteiger partial charge in [-0.1, -0.05) is 54.1 Å². The van der Waals surface area contributed by atoms with Crippen LogP contribution in [0.1, 0.15) is 27.8 Å². The molecule has 0 aliphatic heterocycles. The zero-order valence-corrected chi connectivity index (χ0v) is 17.3. The highest BCUT2D eigenvalue weighted by Crippen LogP contribution is 2.20. The number of halogens is 1. The molecule has 0 bridgehead atoms. The van der Waals surface area contributed by atoms with Gasteiger partial charge in [-0.15, -0.1) is 0 Å². The molecule has 0 saturated heterocycles. The lowest BCUT2D eigenvalue weighted by molar-refractivity contribution is 0.0934. The van der Waals surface area contributed by atoms with E-state index in [9.17, 15) is 9.59 Å². The molecule has 0 aliphatic rings. The van der Waals surface area contributed by atoms with Gasteiger partial charge in [0.25, 0.3) is 5.91 Å². The lowest BCUT2D eigenvalue weighted by atomic mass is 10.1. The van der Waals surface area contributed by atoms with Crippen molar-refractivity contribution in [1.29, 1.82) is 0 Å². The third kappa shape index (κ3) is 4.72. The van der Waals surface area contributed by atoms with Gasteiger partial charge in [0.2, 0.25) is 5.43 Å². The van der Waals surface area contributed by atoms with Crippen LogP contribution in [0, 0.1) is 6.92 Å². The lowest BCUT2D eigenvalue weighted by Crippen LogP contribution is -2.37. The van der Waals surface area contributed by atoms with Gasteiger partial charge in [-0.05, 0) is 38.7 Å². The number of hydrogen-bond acceptors (Lipinski definition) is 4. The van der Waals surface area contributed by atoms with Crippen molar-refractivity contribution in [2.75, 3.05) is 20.6 Å². The number of aromatic nitrogens is 2. The lowest BCUT2D eigenvalue weighted by Gasteiger charge is -2.25. The second-order valence-corrected chi connectivity index (χ2v) is 7.37. The molecule has 1 amide bonds. The summed E-state index contributed by atoms with van der Waals surface area (Å²) in [6.45, 7) is 2.09. The SMILES string of the molecule is Cc1cc(=O)c(C(=O)NCC(c2ccccc2)N(C)C)nn1-c1ccccc1Cl. The highest BCUT2D eigenvalue weighted by Gasteiger charge is 2.19. The van der Waals surface area contributed by atoms with Crippen LogP contribution in [-0.4, -0.2) is 41.2 Å². The third-order valence-corrected chi connectivity index (χ3v) is 4.99. The number of para-hydroxylation sites is 1. The van der Waals surface area contributed by atoms with Crippen LogP contribution in [-0.2, 0) is 0 Å². The number of nitrogens with one attached hydrogen (secondary N) is 1. The topological polar surface area (TPSA) is 67.2 Å². The molecule has 1 atom stereocenters. The van der Waals surface area contributed by atoms with Crippen LogP contribution in [0.25, 0.3) is 5.69 Å². The fraction of sp³-hybridized carbons (Fsp3) is 0.227. The molecular formula is C22H23ClN4O2. The van der Waals surface area contributed by atoms with Gasteiger partial charge in [-0.3, -0.25) is 9.59 Å². The fourth-order valence-electron chi connectivity index (χ4n) is 3.12. The van der Waals surface area contributed by atoms with E-state index in [-0.39, 0.29) is 11.7 Å². The van der Waals surface area contributed by atoms with Crippen LogP contribution >= 0.6 is 11.6 Å². The van der Waals surface area contributed by atoms with Crippen molar-refractivity contribution in [2.24, 2.45) is 0 Å². The highest BCUT2D eigenvalue weighted by atomic mass is 35.5. The van der Waals surface area contributed by atoms with Crippen LogP contribution in [0.2, 0.25) is 5.02 Å². The molecular weight excluding hydrogens is 388 g/mol. The molecule has 1 heterocycles. The van der Waals surface area contributed by atoms with Crippen LogP contribution < -0.4 is 10.7 Å². The monoisotopic (exact) mass is 410 g/mol. The molecule has 7 heteroatoms. The summed E-state index contributed by atoms with van der Waals surface area (Å²) in [5.74, 6) is -0.515. The molecule has 0 radical (unpaired) electrons. The van der Waals surface area contributed by atoms with Gasteiger partial charge < -0.3 is 10.2 Å². The Morgan fingerprint density at radius 1 is 1.14 bits per heavy atom. The van der Waals surface area contributed by atoms with Crippen molar-refractivity contribution in [3.8, 4) is 5.69 Å². The second-order valence-electron chi connectivity index (χ2n) is 6.96. The quantitative estimate of drug-likeness (QED) is 0.677. The summed E-state index contributed by atoms with van der Waals surface area (Å²) in [5, 5.41) is 7.62. The van der Waals surface area contributed by atoms with Gasteiger partial charge in [0, 0.05) is 18.3 Å². The number of amides is 1. The third-order valence-electron chi connectivity index (χ3n) is 4.67. The summed E-state index contributed by atoms with van der Waals surface area (Å²) in [6.07, 6.45) is 0. The number of aryl methyl sites for hydroxylation is 1. The summed E-state index contributed by atoms with van der Waals surface area (Å²) < 4.78 is 1.51. The molecule has 3 rings (SSSR count). The molecule has 150 valence electrons. The van der Waals surface area contributed by atoms with Crippen LogP contribution in [0.15, 0.2) is 65.5 Å². The maximum atomic E-state index is 12.8. The van der Waals surface area contributed by atoms with E-state index < -0.39 is 11.3 Å². The number of likely N-dealkylation sites (N-methyl/N-ethyl adjacent to an activating group) is 1. The number of nitrogens with zero attached hydrogens (tertiary/aromatic N) is 3. The largest absolute Gasteiger partial charge is 0.349 e. The van der Waals surface area contributed by atoms with E-state index in [0.717, 1.165) is 5.56 Å². The van der Waals surface area contributed by atoms with Crippen LogP contribution in [0.3, 0.4) is 0 Å². The Labute approximate surface area is 174 Å². The molecule has 2 aromatic carbocycles. The molecule has 1 unspecified atom stereocenters. The molecule has 0 aliphatic carbocycles. The van der Waals surface area contributed by atoms with Gasteiger partial charge in [0.15, 0.2) is 5.69 Å². The van der Waals surface area contributed by atoms with Crippen molar-refractivity contribution in [1.82, 2.24) is 20.0 Å². The van der Waals surface area contributed by atoms with Gasteiger partial charge >= 0.3 is 0 Å². The van der Waals surface area contributed by atoms with E-state index in [1.165, 1.54) is 10.7 Å². The molecule has 0 fully saturated rings. The molecule has 6 nitrogen and oxygen atoms in total. The Morgan fingerprint density at radius 2 is 1.79 bits per heavy atom. The Morgan fingerprint density at radius 3 is 2.45 bits per heavy atom. The van der Waals surface area contributed by atoms with Crippen molar-refractivity contribution in [2.45, 2.75) is 13.0 Å². The van der Waals surface area contributed by atoms with Crippen molar-refractivity contribution < 1.29 is 4.79 Å². The van der Waals surface area contributed by atoms with Crippen LogP contribution in [0.5, 0.6) is 0 Å². The van der Waals surface area contributed by atoms with Crippen LogP contribution in [0.4, 0.5) is 0 Å². The van der Waals surface area contributed by atoms with E-state index >= 15 is 0 Å². The average molecular weight is 411 g/mol. The Hall–Kier alpha value is -2.96. The first-order valence-corrected chi connectivity index (χ1v) is 9.61. The average Bonchev–Trinajstić information content (AvgIpc) is 2.69. The highest BCUT2D eigenvalue weighted by molar-refractivity contribution is 6.32. The molecule has 0 saturated carbocycles. The Kier molecular flexibility index (Phi) is 6.46. The van der Waals surface area contributed by atoms with Gasteiger partial charge in [-0.25, -0.2) is 4.68 Å². The number of carbonyl (C=O) groups is 1. The maximum Gasteiger partial charge on any atom is 0.275 e. The Bertz CT molecular complexity index is 1060. The summed E-state index contributed by atoms with van der Waals surface area (Å²) >= 11 is 6.26. The first kappa shape index (κ1) is 20.8. The standard InChI is InChI=1S/C22H23ClN4O2/c1-15-13-20(28)21(25-27(15)18-12-8-7-11-17(18)23)22(29)24-14-19(26(2)3)16-9-5-4-6-10-16/h4-13,19H,14H2,1-3H3,(H,24,29). The summed E-state index contributed by atoms with van der Waals surface area (Å²) in [7, 11) is 3.89. The maximum absolute atomic E-state index is 12.8. The minimum Gasteiger partial charge on any atom is -0.349 e. The zero-order valence-electron chi connectivity index (χ0n) is 16.6. The van der Waals surface area contributed by atoms with Crippen molar-refractivity contribution >= 4 is 17.5 Å². The predicted octanol–water partition coefficient (Wildman–Crippen LogP) is 3.23. The van der Waals surface area contributed by atoms with E-state index in [4.69, 9.17) is 11.6 Å². The first-order valence-electron chi connectivity index (χ1n) is 9.24.